The van der Waals surface area contributed by atoms with Crippen LogP contribution in [0.25, 0.3) is 5.65 Å². The smallest absolute Gasteiger partial charge is 0.339 e. The highest BCUT2D eigenvalue weighted by molar-refractivity contribution is 5.90. The van der Waals surface area contributed by atoms with Gasteiger partial charge in [-0.25, -0.2) is 14.4 Å². The van der Waals surface area contributed by atoms with Crippen LogP contribution in [0.3, 0.4) is 0 Å². The number of rotatable bonds is 2. The van der Waals surface area contributed by atoms with E-state index in [1.807, 2.05) is 4.98 Å². The molecule has 2 aromatic heterocycles. The molecule has 2 N–H and O–H groups in total. The predicted molar refractivity (Wildman–Crippen MR) is 54.6 cm³/mol. The fourth-order valence-corrected chi connectivity index (χ4v) is 1.36. The molecule has 0 aliphatic rings. The van der Waals surface area contributed by atoms with Gasteiger partial charge in [-0.3, -0.25) is 14.4 Å². The van der Waals surface area contributed by atoms with E-state index in [1.165, 1.54) is 12.3 Å². The van der Waals surface area contributed by atoms with Gasteiger partial charge in [-0.15, -0.1) is 0 Å². The lowest BCUT2D eigenvalue weighted by atomic mass is 10.3. The van der Waals surface area contributed by atoms with Crippen LogP contribution >= 0.6 is 0 Å². The molecule has 0 fully saturated rings. The van der Waals surface area contributed by atoms with Crippen molar-refractivity contribution in [2.24, 2.45) is 0 Å². The molecule has 0 amide bonds. The summed E-state index contributed by atoms with van der Waals surface area (Å²) in [6.07, 6.45) is 1.31. The van der Waals surface area contributed by atoms with Crippen molar-refractivity contribution in [1.82, 2.24) is 14.4 Å². The molecule has 0 radical (unpaired) electrons. The Kier molecular flexibility index (Phi) is 2.35. The summed E-state index contributed by atoms with van der Waals surface area (Å²) in [5, 5.41) is 0. The third kappa shape index (κ3) is 1.62. The molecule has 0 unspecified atom stereocenters. The fourth-order valence-electron chi connectivity index (χ4n) is 1.36. The first kappa shape index (κ1) is 10.2. The second-order valence-corrected chi connectivity index (χ2v) is 3.09. The molecule has 0 saturated carbocycles. The van der Waals surface area contributed by atoms with Crippen molar-refractivity contribution in [3.8, 4) is 0 Å². The summed E-state index contributed by atoms with van der Waals surface area (Å²) in [7, 11) is 0. The summed E-state index contributed by atoms with van der Waals surface area (Å²) in [6.45, 7) is 1.93. The van der Waals surface area contributed by atoms with Crippen LogP contribution in [0.5, 0.6) is 0 Å². The third-order valence-corrected chi connectivity index (χ3v) is 2.01. The number of H-pyrrole nitrogens is 2. The molecule has 0 bridgehead atoms. The van der Waals surface area contributed by atoms with Crippen LogP contribution in [0, 0.1) is 0 Å². The van der Waals surface area contributed by atoms with E-state index >= 15 is 0 Å². The minimum absolute atomic E-state index is 0.217. The van der Waals surface area contributed by atoms with E-state index in [-0.39, 0.29) is 17.8 Å². The Morgan fingerprint density at radius 1 is 1.44 bits per heavy atom. The zero-order valence-corrected chi connectivity index (χ0v) is 8.44. The van der Waals surface area contributed by atoms with Gasteiger partial charge in [0.1, 0.15) is 5.65 Å². The van der Waals surface area contributed by atoms with Gasteiger partial charge in [0.2, 0.25) is 0 Å². The van der Waals surface area contributed by atoms with E-state index in [0.717, 1.165) is 4.40 Å². The van der Waals surface area contributed by atoms with Crippen LogP contribution in [0.2, 0.25) is 0 Å². The maximum atomic E-state index is 11.4. The van der Waals surface area contributed by atoms with Crippen molar-refractivity contribution in [2.75, 3.05) is 6.61 Å². The van der Waals surface area contributed by atoms with E-state index in [2.05, 4.69) is 4.98 Å². The Balaban J connectivity index is 2.60. The Bertz CT molecular complexity index is 649. The molecule has 0 spiro atoms. The van der Waals surface area contributed by atoms with E-state index in [4.69, 9.17) is 4.74 Å². The van der Waals surface area contributed by atoms with Gasteiger partial charge in [0.05, 0.1) is 12.2 Å². The van der Waals surface area contributed by atoms with E-state index in [0.29, 0.717) is 0 Å². The average molecular weight is 223 g/mol. The van der Waals surface area contributed by atoms with Crippen molar-refractivity contribution < 1.29 is 9.53 Å². The predicted octanol–water partition coefficient (Wildman–Crippen LogP) is -0.507. The molecule has 7 heteroatoms. The number of aromatic amines is 2. The quantitative estimate of drug-likeness (QED) is 0.670. The topological polar surface area (TPSA) is 96.4 Å². The Morgan fingerprint density at radius 2 is 2.19 bits per heavy atom. The van der Waals surface area contributed by atoms with Crippen molar-refractivity contribution in [1.29, 1.82) is 0 Å². The van der Waals surface area contributed by atoms with Crippen molar-refractivity contribution in [3.63, 3.8) is 0 Å². The van der Waals surface area contributed by atoms with E-state index in [9.17, 15) is 14.4 Å². The van der Waals surface area contributed by atoms with Crippen LogP contribution in [0.1, 0.15) is 17.3 Å². The molecular weight excluding hydrogens is 214 g/mol. The van der Waals surface area contributed by atoms with Crippen LogP contribution in [-0.4, -0.2) is 26.9 Å². The molecule has 0 saturated heterocycles. The maximum absolute atomic E-state index is 11.4. The third-order valence-electron chi connectivity index (χ3n) is 2.01. The van der Waals surface area contributed by atoms with Gasteiger partial charge >= 0.3 is 17.3 Å². The lowest BCUT2D eigenvalue weighted by Crippen LogP contribution is -2.26. The highest BCUT2D eigenvalue weighted by atomic mass is 16.5. The highest BCUT2D eigenvalue weighted by Gasteiger charge is 2.11. The summed E-state index contributed by atoms with van der Waals surface area (Å²) in [5.41, 5.74) is -0.758. The van der Waals surface area contributed by atoms with E-state index < -0.39 is 17.3 Å². The summed E-state index contributed by atoms with van der Waals surface area (Å²) >= 11 is 0. The average Bonchev–Trinajstić information content (AvgIpc) is 2.62. The first-order valence-electron chi connectivity index (χ1n) is 4.63. The second kappa shape index (κ2) is 3.69. The van der Waals surface area contributed by atoms with Crippen LogP contribution in [0.4, 0.5) is 0 Å². The van der Waals surface area contributed by atoms with Crippen LogP contribution in [-0.2, 0) is 4.74 Å². The molecule has 2 rings (SSSR count). The lowest BCUT2D eigenvalue weighted by Gasteiger charge is -1.95. The Labute approximate surface area is 88.7 Å². The molecule has 0 aromatic carbocycles. The number of esters is 1. The molecule has 0 aliphatic carbocycles. The minimum Gasteiger partial charge on any atom is -0.462 e. The number of hydrogen-bond acceptors (Lipinski definition) is 4. The number of hydrogen-bond donors (Lipinski definition) is 2. The first-order valence-corrected chi connectivity index (χ1v) is 4.63. The molecule has 0 atom stereocenters. The van der Waals surface area contributed by atoms with Crippen molar-refractivity contribution in [2.45, 2.75) is 6.92 Å². The molecule has 2 heterocycles. The molecule has 2 aromatic rings. The number of aromatic nitrogens is 3. The zero-order valence-electron chi connectivity index (χ0n) is 8.44. The Morgan fingerprint density at radius 3 is 2.88 bits per heavy atom. The number of nitrogens with zero attached hydrogens (tertiary/aromatic N) is 1. The minimum atomic E-state index is -0.619. The fraction of sp³-hybridized carbons (Fsp3) is 0.222. The summed E-state index contributed by atoms with van der Waals surface area (Å²) in [5.74, 6) is -0.536. The van der Waals surface area contributed by atoms with Gasteiger partial charge in [-0.1, -0.05) is 0 Å². The van der Waals surface area contributed by atoms with Gasteiger partial charge in [-0.2, -0.15) is 0 Å². The lowest BCUT2D eigenvalue weighted by molar-refractivity contribution is 0.0526. The SMILES string of the molecule is CCOC(=O)c1cc2[nH]c(=O)[nH]c(=O)n2c1. The number of ether oxygens (including phenoxy) is 1. The van der Waals surface area contributed by atoms with Gasteiger partial charge < -0.3 is 4.74 Å². The van der Waals surface area contributed by atoms with Gasteiger partial charge in [-0.05, 0) is 13.0 Å². The van der Waals surface area contributed by atoms with Crippen LogP contribution < -0.4 is 11.4 Å². The monoisotopic (exact) mass is 223 g/mol. The maximum Gasteiger partial charge on any atom is 0.339 e. The molecule has 7 nitrogen and oxygen atoms in total. The number of fused-ring (bicyclic) bond motifs is 1. The summed E-state index contributed by atoms with van der Waals surface area (Å²) in [6, 6.07) is 1.38. The Hall–Kier alpha value is -2.31. The van der Waals surface area contributed by atoms with Crippen LogP contribution in [0.15, 0.2) is 21.9 Å². The largest absolute Gasteiger partial charge is 0.462 e. The molecule has 84 valence electrons. The number of carbonyl (C=O) groups excluding carboxylic acids is 1. The molecular formula is C9H9N3O4. The zero-order chi connectivity index (χ0) is 11.7. The molecule has 0 aliphatic heterocycles. The molecule has 16 heavy (non-hydrogen) atoms. The van der Waals surface area contributed by atoms with Gasteiger partial charge in [0.15, 0.2) is 0 Å². The highest BCUT2D eigenvalue weighted by Crippen LogP contribution is 2.05. The first-order chi connectivity index (χ1) is 7.61. The van der Waals surface area contributed by atoms with Crippen molar-refractivity contribution in [3.05, 3.63) is 38.8 Å². The second-order valence-electron chi connectivity index (χ2n) is 3.09. The number of carbonyl (C=O) groups is 1. The summed E-state index contributed by atoms with van der Waals surface area (Å²) < 4.78 is 5.90. The summed E-state index contributed by atoms with van der Waals surface area (Å²) in [4.78, 5) is 38.1. The normalized spacial score (nSPS) is 10.6. The number of nitrogens with one attached hydrogen (secondary N) is 2. The van der Waals surface area contributed by atoms with Crippen molar-refractivity contribution >= 4 is 11.6 Å². The standard InChI is InChI=1S/C9H9N3O4/c1-2-16-7(13)5-3-6-10-8(14)11-9(15)12(6)4-5/h3-4H,2H2,1H3,(H2,10,11,14,15). The van der Waals surface area contributed by atoms with Gasteiger partial charge in [0, 0.05) is 6.20 Å². The van der Waals surface area contributed by atoms with E-state index in [1.54, 1.807) is 6.92 Å². The van der Waals surface area contributed by atoms with Gasteiger partial charge in [0.25, 0.3) is 0 Å².